The summed E-state index contributed by atoms with van der Waals surface area (Å²) in [6.07, 6.45) is 2.91. The zero-order chi connectivity index (χ0) is 19.9. The highest BCUT2D eigenvalue weighted by molar-refractivity contribution is 9.10. The second kappa shape index (κ2) is 9.49. The molecule has 0 atom stereocenters. The third-order valence-electron chi connectivity index (χ3n) is 3.98. The number of nitriles is 1. The minimum atomic E-state index is -0.263. The van der Waals surface area contributed by atoms with Gasteiger partial charge < -0.3 is 4.74 Å². The summed E-state index contributed by atoms with van der Waals surface area (Å²) in [5.74, 6) is 0.323. The number of thiazole rings is 1. The maximum Gasteiger partial charge on any atom is 0.264 e. The Morgan fingerprint density at radius 2 is 2.00 bits per heavy atom. The first-order valence-corrected chi connectivity index (χ1v) is 10.2. The molecule has 142 valence electrons. The summed E-state index contributed by atoms with van der Waals surface area (Å²) in [5.41, 5.74) is 3.30. The molecule has 0 radical (unpaired) electrons. The van der Waals surface area contributed by atoms with Crippen molar-refractivity contribution in [1.29, 1.82) is 5.26 Å². The normalized spacial score (nSPS) is 10.3. The molecule has 1 amide bonds. The van der Waals surface area contributed by atoms with E-state index in [4.69, 9.17) is 10.00 Å². The Kier molecular flexibility index (Phi) is 6.80. The van der Waals surface area contributed by atoms with Crippen LogP contribution < -0.4 is 10.1 Å². The van der Waals surface area contributed by atoms with Gasteiger partial charge in [0.25, 0.3) is 5.91 Å². The van der Waals surface area contributed by atoms with Crippen molar-refractivity contribution in [3.8, 4) is 11.8 Å². The second-order valence-electron chi connectivity index (χ2n) is 6.21. The van der Waals surface area contributed by atoms with Gasteiger partial charge in [-0.15, -0.1) is 11.3 Å². The van der Waals surface area contributed by atoms with E-state index >= 15 is 0 Å². The number of anilines is 1. The van der Waals surface area contributed by atoms with Crippen molar-refractivity contribution in [2.45, 2.75) is 19.8 Å². The highest BCUT2D eigenvalue weighted by Crippen LogP contribution is 2.24. The Morgan fingerprint density at radius 3 is 2.71 bits per heavy atom. The van der Waals surface area contributed by atoms with Gasteiger partial charge in [-0.2, -0.15) is 5.26 Å². The van der Waals surface area contributed by atoms with Crippen LogP contribution in [0.4, 0.5) is 5.13 Å². The van der Waals surface area contributed by atoms with Crippen molar-refractivity contribution in [1.82, 2.24) is 4.98 Å². The molecule has 28 heavy (non-hydrogen) atoms. The first-order valence-electron chi connectivity index (χ1n) is 8.62. The lowest BCUT2D eigenvalue weighted by atomic mass is 10.1. The summed E-state index contributed by atoms with van der Waals surface area (Å²) in [6.45, 7) is 1.96. The molecule has 0 saturated heterocycles. The Bertz CT molecular complexity index is 1010. The van der Waals surface area contributed by atoms with Gasteiger partial charge in [0, 0.05) is 22.0 Å². The maximum atomic E-state index is 12.1. The number of halogens is 1. The Balaban J connectivity index is 1.50. The molecule has 3 rings (SSSR count). The molecular weight excluding hydrogens is 438 g/mol. The van der Waals surface area contributed by atoms with Crippen LogP contribution >= 0.6 is 27.3 Å². The predicted octanol–water partition coefficient (Wildman–Crippen LogP) is 4.89. The Morgan fingerprint density at radius 1 is 1.25 bits per heavy atom. The molecule has 0 bridgehead atoms. The molecule has 0 aliphatic heterocycles. The lowest BCUT2D eigenvalue weighted by Gasteiger charge is -2.06. The molecule has 7 heteroatoms. The summed E-state index contributed by atoms with van der Waals surface area (Å²) >= 11 is 4.96. The number of rotatable bonds is 7. The SMILES string of the molecule is Cc1cc(Cc2cnc(NC(=O)COc3ccc(CC#N)cc3)s2)ccc1Br. The van der Waals surface area contributed by atoms with E-state index in [9.17, 15) is 4.79 Å². The molecule has 0 saturated carbocycles. The van der Waals surface area contributed by atoms with Gasteiger partial charge in [0.15, 0.2) is 11.7 Å². The summed E-state index contributed by atoms with van der Waals surface area (Å²) in [6, 6.07) is 15.5. The second-order valence-corrected chi connectivity index (χ2v) is 8.18. The van der Waals surface area contributed by atoms with Crippen LogP contribution in [0, 0.1) is 18.3 Å². The van der Waals surface area contributed by atoms with Crippen LogP contribution in [0.1, 0.15) is 21.6 Å². The zero-order valence-corrected chi connectivity index (χ0v) is 17.6. The maximum absolute atomic E-state index is 12.1. The van der Waals surface area contributed by atoms with Crippen molar-refractivity contribution >= 4 is 38.3 Å². The van der Waals surface area contributed by atoms with Crippen molar-refractivity contribution in [3.63, 3.8) is 0 Å². The third-order valence-corrected chi connectivity index (χ3v) is 5.78. The first kappa shape index (κ1) is 20.1. The fourth-order valence-electron chi connectivity index (χ4n) is 2.56. The number of carbonyl (C=O) groups is 1. The molecule has 0 spiro atoms. The van der Waals surface area contributed by atoms with Gasteiger partial charge in [-0.3, -0.25) is 10.1 Å². The lowest BCUT2D eigenvalue weighted by molar-refractivity contribution is -0.118. The van der Waals surface area contributed by atoms with E-state index in [1.165, 1.54) is 22.5 Å². The van der Waals surface area contributed by atoms with E-state index in [1.807, 2.05) is 18.2 Å². The summed E-state index contributed by atoms with van der Waals surface area (Å²) in [4.78, 5) is 17.4. The number of aromatic nitrogens is 1. The van der Waals surface area contributed by atoms with Crippen LogP contribution in [0.3, 0.4) is 0 Å². The molecular formula is C21H18BrN3O2S. The average molecular weight is 456 g/mol. The van der Waals surface area contributed by atoms with Crippen molar-refractivity contribution in [2.24, 2.45) is 0 Å². The largest absolute Gasteiger partial charge is 0.484 e. The molecule has 0 aliphatic carbocycles. The van der Waals surface area contributed by atoms with Crippen molar-refractivity contribution in [2.75, 3.05) is 11.9 Å². The third kappa shape index (κ3) is 5.65. The number of hydrogen-bond donors (Lipinski definition) is 1. The highest BCUT2D eigenvalue weighted by Gasteiger charge is 2.09. The minimum Gasteiger partial charge on any atom is -0.484 e. The van der Waals surface area contributed by atoms with Crippen LogP contribution in [0.15, 0.2) is 53.1 Å². The standard InChI is InChI=1S/C21H18BrN3O2S/c1-14-10-16(4-7-19(14)22)11-18-12-24-21(28-18)25-20(26)13-27-17-5-2-15(3-6-17)8-9-23/h2-7,10,12H,8,11,13H2,1H3,(H,24,25,26). The molecule has 1 N–H and O–H groups in total. The lowest BCUT2D eigenvalue weighted by Crippen LogP contribution is -2.19. The van der Waals surface area contributed by atoms with Gasteiger partial charge in [-0.1, -0.05) is 40.2 Å². The highest BCUT2D eigenvalue weighted by atomic mass is 79.9. The minimum absolute atomic E-state index is 0.0988. The van der Waals surface area contributed by atoms with Crippen LogP contribution in [-0.4, -0.2) is 17.5 Å². The quantitative estimate of drug-likeness (QED) is 0.550. The van der Waals surface area contributed by atoms with Gasteiger partial charge in [0.05, 0.1) is 12.5 Å². The van der Waals surface area contributed by atoms with E-state index < -0.39 is 0 Å². The smallest absolute Gasteiger partial charge is 0.264 e. The molecule has 0 unspecified atom stereocenters. The van der Waals surface area contributed by atoms with Crippen molar-refractivity contribution < 1.29 is 9.53 Å². The van der Waals surface area contributed by atoms with E-state index in [2.05, 4.69) is 51.4 Å². The number of ether oxygens (including phenoxy) is 1. The topological polar surface area (TPSA) is 75.0 Å². The number of aryl methyl sites for hydroxylation is 1. The van der Waals surface area contributed by atoms with Gasteiger partial charge >= 0.3 is 0 Å². The Labute approximate surface area is 176 Å². The van der Waals surface area contributed by atoms with E-state index in [1.54, 1.807) is 18.3 Å². The molecule has 0 aliphatic rings. The number of hydrogen-bond acceptors (Lipinski definition) is 5. The molecule has 3 aromatic rings. The predicted molar refractivity (Wildman–Crippen MR) is 114 cm³/mol. The number of nitrogens with one attached hydrogen (secondary N) is 1. The van der Waals surface area contributed by atoms with E-state index in [0.717, 1.165) is 21.3 Å². The summed E-state index contributed by atoms with van der Waals surface area (Å²) in [7, 11) is 0. The van der Waals surface area contributed by atoms with Crippen molar-refractivity contribution in [3.05, 3.63) is 74.7 Å². The fraction of sp³-hybridized carbons (Fsp3) is 0.190. The molecule has 1 aromatic heterocycles. The average Bonchev–Trinajstić information content (AvgIpc) is 3.11. The number of amides is 1. The first-order chi connectivity index (χ1) is 13.5. The summed E-state index contributed by atoms with van der Waals surface area (Å²) in [5, 5.41) is 12.0. The monoisotopic (exact) mass is 455 g/mol. The van der Waals surface area contributed by atoms with Crippen LogP contribution in [0.2, 0.25) is 0 Å². The molecule has 1 heterocycles. The number of nitrogens with zero attached hydrogens (tertiary/aromatic N) is 2. The van der Waals surface area contributed by atoms with Gasteiger partial charge in [0.1, 0.15) is 5.75 Å². The van der Waals surface area contributed by atoms with Gasteiger partial charge in [-0.05, 0) is 41.8 Å². The van der Waals surface area contributed by atoms with E-state index in [0.29, 0.717) is 17.3 Å². The van der Waals surface area contributed by atoms with Crippen LogP contribution in [-0.2, 0) is 17.6 Å². The zero-order valence-electron chi connectivity index (χ0n) is 15.2. The van der Waals surface area contributed by atoms with Gasteiger partial charge in [-0.25, -0.2) is 4.98 Å². The van der Waals surface area contributed by atoms with Crippen LogP contribution in [0.25, 0.3) is 0 Å². The van der Waals surface area contributed by atoms with E-state index in [-0.39, 0.29) is 12.5 Å². The number of carbonyl (C=O) groups excluding carboxylic acids is 1. The van der Waals surface area contributed by atoms with Gasteiger partial charge in [0.2, 0.25) is 0 Å². The Hall–Kier alpha value is -2.69. The van der Waals surface area contributed by atoms with Crippen LogP contribution in [0.5, 0.6) is 5.75 Å². The molecule has 2 aromatic carbocycles. The number of benzene rings is 2. The molecule has 5 nitrogen and oxygen atoms in total. The molecule has 0 fully saturated rings. The summed E-state index contributed by atoms with van der Waals surface area (Å²) < 4.78 is 6.57. The fourth-order valence-corrected chi connectivity index (χ4v) is 3.67.